The van der Waals surface area contributed by atoms with Gasteiger partial charge in [-0.3, -0.25) is 10.1 Å². The Labute approximate surface area is 98.1 Å². The topological polar surface area (TPSA) is 68.1 Å². The maximum Gasteiger partial charge on any atom is 0.311 e. The van der Waals surface area contributed by atoms with E-state index in [0.717, 1.165) is 11.5 Å². The zero-order chi connectivity index (χ0) is 11.8. The summed E-state index contributed by atoms with van der Waals surface area (Å²) in [5.41, 5.74) is 0.0104. The summed E-state index contributed by atoms with van der Waals surface area (Å²) >= 11 is 1.71. The van der Waals surface area contributed by atoms with E-state index in [9.17, 15) is 10.1 Å². The molecule has 1 aromatic heterocycles. The molecule has 0 aliphatic rings. The van der Waals surface area contributed by atoms with Crippen molar-refractivity contribution >= 4 is 23.3 Å². The highest BCUT2D eigenvalue weighted by Gasteiger charge is 2.12. The van der Waals surface area contributed by atoms with Gasteiger partial charge in [0.25, 0.3) is 0 Å². The van der Waals surface area contributed by atoms with Crippen LogP contribution in [0.1, 0.15) is 0 Å². The normalized spacial score (nSPS) is 9.75. The molecule has 0 aromatic carbocycles. The number of hydrogen-bond acceptors (Lipinski definition) is 5. The molecule has 1 rings (SSSR count). The maximum atomic E-state index is 10.7. The van der Waals surface area contributed by atoms with Gasteiger partial charge in [0.05, 0.1) is 4.92 Å². The maximum absolute atomic E-state index is 10.7. The molecule has 0 radical (unpaired) electrons. The highest BCUT2D eigenvalue weighted by molar-refractivity contribution is 7.99. The Hall–Kier alpha value is -1.56. The first-order chi connectivity index (χ1) is 7.75. The van der Waals surface area contributed by atoms with E-state index in [-0.39, 0.29) is 5.69 Å². The largest absolute Gasteiger partial charge is 0.364 e. The van der Waals surface area contributed by atoms with Crippen LogP contribution in [0.15, 0.2) is 31.0 Å². The molecular weight excluding hydrogens is 226 g/mol. The van der Waals surface area contributed by atoms with Crippen LogP contribution < -0.4 is 5.32 Å². The Morgan fingerprint density at radius 2 is 2.50 bits per heavy atom. The predicted octanol–water partition coefficient (Wildman–Crippen LogP) is 2.32. The van der Waals surface area contributed by atoms with E-state index < -0.39 is 4.92 Å². The number of nitrogens with one attached hydrogen (secondary N) is 1. The van der Waals surface area contributed by atoms with E-state index in [4.69, 9.17) is 0 Å². The summed E-state index contributed by atoms with van der Waals surface area (Å²) in [6, 6.07) is 2.99. The summed E-state index contributed by atoms with van der Waals surface area (Å²) in [5, 5.41) is 13.6. The van der Waals surface area contributed by atoms with Crippen LogP contribution in [0.5, 0.6) is 0 Å². The summed E-state index contributed by atoms with van der Waals surface area (Å²) in [7, 11) is 0. The number of pyridine rings is 1. The number of anilines is 1. The average Bonchev–Trinajstić information content (AvgIpc) is 2.29. The lowest BCUT2D eigenvalue weighted by Gasteiger charge is -2.04. The molecule has 0 amide bonds. The fraction of sp³-hybridized carbons (Fsp3) is 0.300. The third-order valence-corrected chi connectivity index (χ3v) is 2.72. The van der Waals surface area contributed by atoms with Crippen LogP contribution in [0.2, 0.25) is 0 Å². The molecule has 0 saturated heterocycles. The first-order valence-electron chi connectivity index (χ1n) is 4.77. The Bertz CT molecular complexity index is 371. The van der Waals surface area contributed by atoms with Crippen LogP contribution in [-0.4, -0.2) is 28.0 Å². The quantitative estimate of drug-likeness (QED) is 0.342. The van der Waals surface area contributed by atoms with Crippen molar-refractivity contribution in [2.24, 2.45) is 0 Å². The van der Waals surface area contributed by atoms with Crippen molar-refractivity contribution in [2.75, 3.05) is 23.4 Å². The minimum absolute atomic E-state index is 0.0104. The standard InChI is InChI=1S/C10H13N3O2S/c1-2-7-16-8-6-12-10-9(13(14)15)4-3-5-11-10/h2-5H,1,6-8H2,(H,11,12). The van der Waals surface area contributed by atoms with Gasteiger partial charge in [0, 0.05) is 30.3 Å². The van der Waals surface area contributed by atoms with Crippen LogP contribution in [0.25, 0.3) is 0 Å². The number of nitrogens with zero attached hydrogens (tertiary/aromatic N) is 2. The molecule has 0 fully saturated rings. The van der Waals surface area contributed by atoms with Gasteiger partial charge in [-0.2, -0.15) is 11.8 Å². The Balaban J connectivity index is 2.47. The van der Waals surface area contributed by atoms with Crippen LogP contribution in [0.3, 0.4) is 0 Å². The molecule has 1 aromatic rings. The molecule has 0 spiro atoms. The van der Waals surface area contributed by atoms with Crippen molar-refractivity contribution in [2.45, 2.75) is 0 Å². The van der Waals surface area contributed by atoms with E-state index >= 15 is 0 Å². The highest BCUT2D eigenvalue weighted by Crippen LogP contribution is 2.19. The lowest BCUT2D eigenvalue weighted by Crippen LogP contribution is -2.07. The molecule has 5 nitrogen and oxygen atoms in total. The molecule has 1 N–H and O–H groups in total. The molecule has 16 heavy (non-hydrogen) atoms. The summed E-state index contributed by atoms with van der Waals surface area (Å²) in [6.45, 7) is 4.26. The molecule has 0 unspecified atom stereocenters. The smallest absolute Gasteiger partial charge is 0.311 e. The fourth-order valence-electron chi connectivity index (χ4n) is 1.09. The SMILES string of the molecule is C=CCSCCNc1ncccc1[N+](=O)[O-]. The molecule has 1 heterocycles. The van der Waals surface area contributed by atoms with Gasteiger partial charge in [0.15, 0.2) is 0 Å². The van der Waals surface area contributed by atoms with Gasteiger partial charge >= 0.3 is 5.69 Å². The number of aromatic nitrogens is 1. The average molecular weight is 239 g/mol. The summed E-state index contributed by atoms with van der Waals surface area (Å²) in [6.07, 6.45) is 3.36. The summed E-state index contributed by atoms with van der Waals surface area (Å²) < 4.78 is 0. The zero-order valence-corrected chi connectivity index (χ0v) is 9.57. The van der Waals surface area contributed by atoms with Gasteiger partial charge < -0.3 is 5.32 Å². The number of thioether (sulfide) groups is 1. The van der Waals surface area contributed by atoms with Gasteiger partial charge in [-0.1, -0.05) is 6.08 Å². The third-order valence-electron chi connectivity index (χ3n) is 1.76. The van der Waals surface area contributed by atoms with Crippen molar-refractivity contribution in [3.63, 3.8) is 0 Å². The first-order valence-corrected chi connectivity index (χ1v) is 5.93. The molecule has 0 atom stereocenters. The monoisotopic (exact) mass is 239 g/mol. The van der Waals surface area contributed by atoms with Crippen molar-refractivity contribution in [3.8, 4) is 0 Å². The Kier molecular flexibility index (Phi) is 5.35. The number of rotatable bonds is 7. The van der Waals surface area contributed by atoms with Crippen molar-refractivity contribution in [3.05, 3.63) is 41.1 Å². The molecule has 86 valence electrons. The van der Waals surface area contributed by atoms with E-state index in [2.05, 4.69) is 16.9 Å². The summed E-state index contributed by atoms with van der Waals surface area (Å²) in [5.74, 6) is 2.07. The summed E-state index contributed by atoms with van der Waals surface area (Å²) in [4.78, 5) is 14.2. The molecule has 0 aliphatic carbocycles. The predicted molar refractivity (Wildman–Crippen MR) is 66.9 cm³/mol. The van der Waals surface area contributed by atoms with Crippen LogP contribution in [0.4, 0.5) is 11.5 Å². The van der Waals surface area contributed by atoms with E-state index in [1.54, 1.807) is 17.8 Å². The minimum Gasteiger partial charge on any atom is -0.364 e. The third kappa shape index (κ3) is 3.90. The van der Waals surface area contributed by atoms with Gasteiger partial charge in [0.1, 0.15) is 0 Å². The number of nitro groups is 1. The van der Waals surface area contributed by atoms with Crippen LogP contribution >= 0.6 is 11.8 Å². The van der Waals surface area contributed by atoms with Gasteiger partial charge in [0.2, 0.25) is 5.82 Å². The van der Waals surface area contributed by atoms with Gasteiger partial charge in [-0.25, -0.2) is 4.98 Å². The van der Waals surface area contributed by atoms with Crippen molar-refractivity contribution in [1.82, 2.24) is 4.98 Å². The van der Waals surface area contributed by atoms with E-state index in [0.29, 0.717) is 12.4 Å². The number of hydrogen-bond donors (Lipinski definition) is 1. The molecule has 0 saturated carbocycles. The second-order valence-corrected chi connectivity index (χ2v) is 4.07. The highest BCUT2D eigenvalue weighted by atomic mass is 32.2. The van der Waals surface area contributed by atoms with E-state index in [1.165, 1.54) is 12.3 Å². The van der Waals surface area contributed by atoms with Crippen LogP contribution in [0, 0.1) is 10.1 Å². The first kappa shape index (κ1) is 12.5. The lowest BCUT2D eigenvalue weighted by molar-refractivity contribution is -0.384. The Morgan fingerprint density at radius 3 is 3.19 bits per heavy atom. The van der Waals surface area contributed by atoms with Gasteiger partial charge in [-0.05, 0) is 6.07 Å². The fourth-order valence-corrected chi connectivity index (χ4v) is 1.67. The molecule has 6 heteroatoms. The lowest BCUT2D eigenvalue weighted by atomic mass is 10.4. The van der Waals surface area contributed by atoms with E-state index in [1.807, 2.05) is 6.08 Å². The second kappa shape index (κ2) is 6.84. The van der Waals surface area contributed by atoms with Crippen molar-refractivity contribution in [1.29, 1.82) is 0 Å². The second-order valence-electron chi connectivity index (χ2n) is 2.92. The zero-order valence-electron chi connectivity index (χ0n) is 8.76. The minimum atomic E-state index is -0.438. The van der Waals surface area contributed by atoms with Crippen LogP contribution in [-0.2, 0) is 0 Å². The van der Waals surface area contributed by atoms with Gasteiger partial charge in [-0.15, -0.1) is 6.58 Å². The molecule has 0 aliphatic heterocycles. The Morgan fingerprint density at radius 1 is 1.69 bits per heavy atom. The van der Waals surface area contributed by atoms with Crippen molar-refractivity contribution < 1.29 is 4.92 Å². The molecule has 0 bridgehead atoms. The molecular formula is C10H13N3O2S.